The van der Waals surface area contributed by atoms with Gasteiger partial charge in [0.05, 0.1) is 18.8 Å². The summed E-state index contributed by atoms with van der Waals surface area (Å²) in [6.45, 7) is 4.95. The Labute approximate surface area is 183 Å². The van der Waals surface area contributed by atoms with Crippen LogP contribution in [0.4, 0.5) is 5.82 Å². The van der Waals surface area contributed by atoms with Gasteiger partial charge in [-0.15, -0.1) is 0 Å². The van der Waals surface area contributed by atoms with Crippen molar-refractivity contribution >= 4 is 17.7 Å². The molecule has 0 N–H and O–H groups in total. The molecule has 7 heteroatoms. The number of hydrogen-bond acceptors (Lipinski definition) is 6. The summed E-state index contributed by atoms with van der Waals surface area (Å²) in [5.41, 5.74) is 3.03. The number of nitrogens with zero attached hydrogens (tertiary/aromatic N) is 4. The zero-order valence-electron chi connectivity index (χ0n) is 18.2. The largest absolute Gasteiger partial charge is 0.466 e. The van der Waals surface area contributed by atoms with Crippen molar-refractivity contribution in [1.29, 1.82) is 0 Å². The van der Waals surface area contributed by atoms with E-state index in [0.29, 0.717) is 19.5 Å². The van der Waals surface area contributed by atoms with Gasteiger partial charge in [-0.25, -0.2) is 9.97 Å². The lowest BCUT2D eigenvalue weighted by molar-refractivity contribution is -0.148. The minimum Gasteiger partial charge on any atom is -0.466 e. The average Bonchev–Trinajstić information content (AvgIpc) is 3.08. The molecule has 0 spiro atoms. The predicted octanol–water partition coefficient (Wildman–Crippen LogP) is 3.36. The van der Waals surface area contributed by atoms with E-state index in [4.69, 9.17) is 14.7 Å². The molecule has 2 aromatic rings. The lowest BCUT2D eigenvalue weighted by atomic mass is 10.0. The van der Waals surface area contributed by atoms with Gasteiger partial charge in [-0.1, -0.05) is 43.2 Å². The predicted molar refractivity (Wildman–Crippen MR) is 119 cm³/mol. The first-order chi connectivity index (χ1) is 15.2. The zero-order chi connectivity index (χ0) is 21.6. The van der Waals surface area contributed by atoms with Crippen LogP contribution < -0.4 is 4.90 Å². The second-order valence-corrected chi connectivity index (χ2v) is 8.11. The molecular formula is C24H30N4O3. The number of benzene rings is 1. The smallest absolute Gasteiger partial charge is 0.315 e. The molecule has 1 saturated heterocycles. The molecule has 1 aromatic heterocycles. The highest BCUT2D eigenvalue weighted by Gasteiger charge is 2.29. The second kappa shape index (κ2) is 9.90. The Morgan fingerprint density at radius 2 is 1.74 bits per heavy atom. The Kier molecular flexibility index (Phi) is 6.79. The summed E-state index contributed by atoms with van der Waals surface area (Å²) in [5.74, 6) is 1.02. The van der Waals surface area contributed by atoms with Gasteiger partial charge < -0.3 is 14.5 Å². The van der Waals surface area contributed by atoms with Crippen LogP contribution >= 0.6 is 0 Å². The van der Waals surface area contributed by atoms with Crippen LogP contribution in [0, 0.1) is 0 Å². The van der Waals surface area contributed by atoms with Crippen LogP contribution in [0.15, 0.2) is 30.3 Å². The van der Waals surface area contributed by atoms with E-state index in [1.54, 1.807) is 11.8 Å². The standard InChI is InChI=1S/C24H30N4O3/c1-2-31-22(30)16-21(29)28-15-12-20-19(17-28)24(27-13-8-3-4-9-14-27)26-23(25-20)18-10-6-5-7-11-18/h5-7,10-11H,2-4,8-9,12-17H2,1H3. The third-order valence-electron chi connectivity index (χ3n) is 5.93. The molecule has 1 aromatic carbocycles. The minimum atomic E-state index is -0.471. The number of rotatable bonds is 5. The minimum absolute atomic E-state index is 0.196. The number of aromatic nitrogens is 2. The Balaban J connectivity index is 1.66. The fourth-order valence-electron chi connectivity index (χ4n) is 4.32. The molecule has 0 radical (unpaired) electrons. The maximum atomic E-state index is 12.7. The van der Waals surface area contributed by atoms with Crippen LogP contribution in [-0.4, -0.2) is 53.0 Å². The molecule has 7 nitrogen and oxygen atoms in total. The van der Waals surface area contributed by atoms with Gasteiger partial charge in [0, 0.05) is 37.2 Å². The van der Waals surface area contributed by atoms with Crippen LogP contribution in [0.3, 0.4) is 0 Å². The lowest BCUT2D eigenvalue weighted by Gasteiger charge is -2.32. The summed E-state index contributed by atoms with van der Waals surface area (Å²) in [7, 11) is 0. The van der Waals surface area contributed by atoms with Gasteiger partial charge in [0.1, 0.15) is 12.2 Å². The number of carbonyl (C=O) groups is 2. The fourth-order valence-corrected chi connectivity index (χ4v) is 4.32. The van der Waals surface area contributed by atoms with Gasteiger partial charge in [-0.05, 0) is 19.8 Å². The molecule has 2 aliphatic heterocycles. The molecular weight excluding hydrogens is 392 g/mol. The van der Waals surface area contributed by atoms with Crippen molar-refractivity contribution in [2.75, 3.05) is 31.1 Å². The van der Waals surface area contributed by atoms with Crippen molar-refractivity contribution in [3.8, 4) is 11.4 Å². The Bertz CT molecular complexity index is 924. The highest BCUT2D eigenvalue weighted by molar-refractivity contribution is 5.94. The Hall–Kier alpha value is -2.96. The maximum Gasteiger partial charge on any atom is 0.315 e. The number of fused-ring (bicyclic) bond motifs is 1. The van der Waals surface area contributed by atoms with Crippen molar-refractivity contribution in [3.63, 3.8) is 0 Å². The Morgan fingerprint density at radius 1 is 1.00 bits per heavy atom. The van der Waals surface area contributed by atoms with Crippen molar-refractivity contribution in [2.24, 2.45) is 0 Å². The van der Waals surface area contributed by atoms with Crippen LogP contribution in [0.2, 0.25) is 0 Å². The van der Waals surface area contributed by atoms with Crippen LogP contribution in [-0.2, 0) is 27.3 Å². The molecule has 1 fully saturated rings. The zero-order valence-corrected chi connectivity index (χ0v) is 18.2. The topological polar surface area (TPSA) is 75.6 Å². The number of hydrogen-bond donors (Lipinski definition) is 0. The molecule has 0 atom stereocenters. The van der Waals surface area contributed by atoms with Gasteiger partial charge >= 0.3 is 5.97 Å². The summed E-state index contributed by atoms with van der Waals surface area (Å²) in [5, 5.41) is 0. The van der Waals surface area contributed by atoms with Crippen LogP contribution in [0.25, 0.3) is 11.4 Å². The van der Waals surface area contributed by atoms with E-state index in [1.165, 1.54) is 12.8 Å². The molecule has 0 bridgehead atoms. The summed E-state index contributed by atoms with van der Waals surface area (Å²) in [6, 6.07) is 10.1. The first-order valence-electron chi connectivity index (χ1n) is 11.3. The monoisotopic (exact) mass is 422 g/mol. The molecule has 31 heavy (non-hydrogen) atoms. The van der Waals surface area contributed by atoms with Crippen molar-refractivity contribution in [2.45, 2.75) is 52.0 Å². The highest BCUT2D eigenvalue weighted by Crippen LogP contribution is 2.31. The van der Waals surface area contributed by atoms with E-state index in [1.807, 2.05) is 30.3 Å². The summed E-state index contributed by atoms with van der Waals surface area (Å²) >= 11 is 0. The third kappa shape index (κ3) is 5.03. The van der Waals surface area contributed by atoms with Gasteiger partial charge in [-0.3, -0.25) is 9.59 Å². The number of esters is 1. The van der Waals surface area contributed by atoms with Gasteiger partial charge in [-0.2, -0.15) is 0 Å². The molecule has 0 unspecified atom stereocenters. The van der Waals surface area contributed by atoms with E-state index < -0.39 is 5.97 Å². The van der Waals surface area contributed by atoms with Crippen molar-refractivity contribution in [3.05, 3.63) is 41.6 Å². The van der Waals surface area contributed by atoms with E-state index in [0.717, 1.165) is 54.4 Å². The fraction of sp³-hybridized carbons (Fsp3) is 0.500. The van der Waals surface area contributed by atoms with Crippen LogP contribution in [0.1, 0.15) is 50.3 Å². The van der Waals surface area contributed by atoms with Gasteiger partial charge in [0.15, 0.2) is 5.82 Å². The summed E-state index contributed by atoms with van der Waals surface area (Å²) in [4.78, 5) is 38.5. The molecule has 164 valence electrons. The number of ether oxygens (including phenoxy) is 1. The second-order valence-electron chi connectivity index (χ2n) is 8.11. The van der Waals surface area contributed by atoms with Crippen molar-refractivity contribution in [1.82, 2.24) is 14.9 Å². The first kappa shape index (κ1) is 21.3. The summed E-state index contributed by atoms with van der Waals surface area (Å²) in [6.07, 6.45) is 5.20. The molecule has 2 aliphatic rings. The molecule has 0 aliphatic carbocycles. The SMILES string of the molecule is CCOC(=O)CC(=O)N1CCc2nc(-c3ccccc3)nc(N3CCCCCC3)c2C1. The molecule has 3 heterocycles. The normalized spacial score (nSPS) is 16.4. The maximum absolute atomic E-state index is 12.7. The first-order valence-corrected chi connectivity index (χ1v) is 11.3. The van der Waals surface area contributed by atoms with Crippen molar-refractivity contribution < 1.29 is 14.3 Å². The Morgan fingerprint density at radius 3 is 2.45 bits per heavy atom. The highest BCUT2D eigenvalue weighted by atomic mass is 16.5. The quantitative estimate of drug-likeness (QED) is 0.543. The van der Waals surface area contributed by atoms with Gasteiger partial charge in [0.2, 0.25) is 5.91 Å². The molecule has 4 rings (SSSR count). The summed E-state index contributed by atoms with van der Waals surface area (Å²) < 4.78 is 4.95. The van der Waals surface area contributed by atoms with E-state index in [2.05, 4.69) is 4.90 Å². The number of carbonyl (C=O) groups excluding carboxylic acids is 2. The molecule has 1 amide bonds. The third-order valence-corrected chi connectivity index (χ3v) is 5.93. The lowest BCUT2D eigenvalue weighted by Crippen LogP contribution is -2.39. The number of anilines is 1. The number of amides is 1. The van der Waals surface area contributed by atoms with E-state index in [9.17, 15) is 9.59 Å². The van der Waals surface area contributed by atoms with Gasteiger partial charge in [0.25, 0.3) is 0 Å². The molecule has 0 saturated carbocycles. The van der Waals surface area contributed by atoms with Crippen LogP contribution in [0.5, 0.6) is 0 Å². The van der Waals surface area contributed by atoms with E-state index >= 15 is 0 Å². The average molecular weight is 423 g/mol. The van der Waals surface area contributed by atoms with E-state index in [-0.39, 0.29) is 18.9 Å².